The molecule has 1 unspecified atom stereocenters. The molecule has 0 bridgehead atoms. The second-order valence-electron chi connectivity index (χ2n) is 3.55. The van der Waals surface area contributed by atoms with Crippen molar-refractivity contribution >= 4 is 33.2 Å². The smallest absolute Gasteiger partial charge is 0.221 e. The molecule has 0 fully saturated rings. The van der Waals surface area contributed by atoms with Crippen molar-refractivity contribution in [2.24, 2.45) is 0 Å². The molecule has 1 aromatic heterocycles. The SMILES string of the molecule is CCNC(=O)CCNC(C)c1cc(Br)cs1. The van der Waals surface area contributed by atoms with Gasteiger partial charge in [0, 0.05) is 40.3 Å². The highest BCUT2D eigenvalue weighted by atomic mass is 79.9. The molecule has 1 atom stereocenters. The lowest BCUT2D eigenvalue weighted by Gasteiger charge is -2.11. The predicted molar refractivity (Wildman–Crippen MR) is 71.7 cm³/mol. The highest BCUT2D eigenvalue weighted by Gasteiger charge is 2.07. The van der Waals surface area contributed by atoms with Gasteiger partial charge in [0.15, 0.2) is 0 Å². The molecular formula is C11H17BrN2OS. The van der Waals surface area contributed by atoms with E-state index in [-0.39, 0.29) is 5.91 Å². The maximum atomic E-state index is 11.2. The molecule has 16 heavy (non-hydrogen) atoms. The topological polar surface area (TPSA) is 41.1 Å². The fourth-order valence-corrected chi connectivity index (χ4v) is 2.82. The van der Waals surface area contributed by atoms with E-state index in [1.54, 1.807) is 11.3 Å². The first-order valence-electron chi connectivity index (χ1n) is 5.37. The molecule has 90 valence electrons. The summed E-state index contributed by atoms with van der Waals surface area (Å²) in [6.45, 7) is 5.45. The maximum absolute atomic E-state index is 11.2. The third-order valence-electron chi connectivity index (χ3n) is 2.19. The van der Waals surface area contributed by atoms with E-state index in [1.165, 1.54) is 4.88 Å². The Bertz CT molecular complexity index is 340. The number of amides is 1. The van der Waals surface area contributed by atoms with Gasteiger partial charge in [-0.2, -0.15) is 0 Å². The van der Waals surface area contributed by atoms with Crippen molar-refractivity contribution in [2.75, 3.05) is 13.1 Å². The molecule has 5 heteroatoms. The summed E-state index contributed by atoms with van der Waals surface area (Å²) in [6.07, 6.45) is 0.532. The minimum atomic E-state index is 0.106. The molecule has 0 saturated carbocycles. The summed E-state index contributed by atoms with van der Waals surface area (Å²) >= 11 is 5.15. The van der Waals surface area contributed by atoms with Crippen molar-refractivity contribution in [1.82, 2.24) is 10.6 Å². The van der Waals surface area contributed by atoms with Crippen LogP contribution in [-0.4, -0.2) is 19.0 Å². The molecule has 0 aliphatic carbocycles. The minimum absolute atomic E-state index is 0.106. The number of carbonyl (C=O) groups excluding carboxylic acids is 1. The first-order valence-corrected chi connectivity index (χ1v) is 7.04. The quantitative estimate of drug-likeness (QED) is 0.848. The largest absolute Gasteiger partial charge is 0.356 e. The van der Waals surface area contributed by atoms with E-state index in [0.29, 0.717) is 25.6 Å². The standard InChI is InChI=1S/C11H17BrN2OS/c1-3-13-11(15)4-5-14-8(2)10-6-9(12)7-16-10/h6-8,14H,3-5H2,1-2H3,(H,13,15). The zero-order valence-corrected chi connectivity index (χ0v) is 12.0. The zero-order chi connectivity index (χ0) is 12.0. The van der Waals surface area contributed by atoms with Gasteiger partial charge >= 0.3 is 0 Å². The number of nitrogens with one attached hydrogen (secondary N) is 2. The lowest BCUT2D eigenvalue weighted by Crippen LogP contribution is -2.28. The summed E-state index contributed by atoms with van der Waals surface area (Å²) in [5, 5.41) is 8.18. The highest BCUT2D eigenvalue weighted by Crippen LogP contribution is 2.25. The first kappa shape index (κ1) is 13.7. The van der Waals surface area contributed by atoms with Crippen molar-refractivity contribution < 1.29 is 4.79 Å². The third kappa shape index (κ3) is 4.63. The van der Waals surface area contributed by atoms with Gasteiger partial charge in [0.2, 0.25) is 5.91 Å². The van der Waals surface area contributed by atoms with Crippen LogP contribution in [0.1, 0.15) is 31.2 Å². The second kappa shape index (κ2) is 7.04. The van der Waals surface area contributed by atoms with Gasteiger partial charge in [-0.3, -0.25) is 4.79 Å². The fourth-order valence-electron chi connectivity index (χ4n) is 1.34. The summed E-state index contributed by atoms with van der Waals surface area (Å²) < 4.78 is 1.12. The normalized spacial score (nSPS) is 12.4. The molecule has 0 aliphatic rings. The Kier molecular flexibility index (Phi) is 6.01. The van der Waals surface area contributed by atoms with Crippen molar-refractivity contribution in [2.45, 2.75) is 26.3 Å². The van der Waals surface area contributed by atoms with E-state index in [9.17, 15) is 4.79 Å². The number of thiophene rings is 1. The number of carbonyl (C=O) groups is 1. The Balaban J connectivity index is 2.25. The van der Waals surface area contributed by atoms with Gasteiger partial charge in [0.25, 0.3) is 0 Å². The molecule has 0 spiro atoms. The molecule has 0 aromatic carbocycles. The van der Waals surface area contributed by atoms with Crippen LogP contribution in [0.5, 0.6) is 0 Å². The number of halogens is 1. The summed E-state index contributed by atoms with van der Waals surface area (Å²) in [5.41, 5.74) is 0. The van der Waals surface area contributed by atoms with Crippen LogP contribution in [0.25, 0.3) is 0 Å². The first-order chi connectivity index (χ1) is 7.63. The van der Waals surface area contributed by atoms with E-state index in [4.69, 9.17) is 0 Å². The molecule has 2 N–H and O–H groups in total. The van der Waals surface area contributed by atoms with Crippen LogP contribution in [0.4, 0.5) is 0 Å². The van der Waals surface area contributed by atoms with E-state index in [0.717, 1.165) is 4.47 Å². The Labute approximate surface area is 109 Å². The maximum Gasteiger partial charge on any atom is 0.221 e. The Hall–Kier alpha value is -0.390. The summed E-state index contributed by atoms with van der Waals surface area (Å²) in [4.78, 5) is 12.5. The van der Waals surface area contributed by atoms with Gasteiger partial charge in [0.05, 0.1) is 0 Å². The molecule has 0 saturated heterocycles. The summed E-state index contributed by atoms with van der Waals surface area (Å²) in [7, 11) is 0. The van der Waals surface area contributed by atoms with Crippen molar-refractivity contribution in [1.29, 1.82) is 0 Å². The van der Waals surface area contributed by atoms with Crippen LogP contribution in [-0.2, 0) is 4.79 Å². The lowest BCUT2D eigenvalue weighted by atomic mass is 10.2. The van der Waals surface area contributed by atoms with Gasteiger partial charge in [-0.05, 0) is 35.8 Å². The van der Waals surface area contributed by atoms with Gasteiger partial charge < -0.3 is 10.6 Å². The van der Waals surface area contributed by atoms with Gasteiger partial charge in [0.1, 0.15) is 0 Å². The fraction of sp³-hybridized carbons (Fsp3) is 0.545. The van der Waals surface area contributed by atoms with E-state index in [1.807, 2.05) is 6.92 Å². The molecule has 0 aliphatic heterocycles. The molecule has 3 nitrogen and oxygen atoms in total. The summed E-state index contributed by atoms with van der Waals surface area (Å²) in [5.74, 6) is 0.106. The van der Waals surface area contributed by atoms with E-state index in [2.05, 4.69) is 44.9 Å². The van der Waals surface area contributed by atoms with Crippen molar-refractivity contribution in [3.8, 4) is 0 Å². The van der Waals surface area contributed by atoms with E-state index >= 15 is 0 Å². The lowest BCUT2D eigenvalue weighted by molar-refractivity contribution is -0.120. The predicted octanol–water partition coefficient (Wildman–Crippen LogP) is 2.69. The average molecular weight is 305 g/mol. The van der Waals surface area contributed by atoms with Gasteiger partial charge in [-0.25, -0.2) is 0 Å². The highest BCUT2D eigenvalue weighted by molar-refractivity contribution is 9.10. The molecule has 1 rings (SSSR count). The minimum Gasteiger partial charge on any atom is -0.356 e. The molecular weight excluding hydrogens is 288 g/mol. The average Bonchev–Trinajstić information content (AvgIpc) is 2.65. The van der Waals surface area contributed by atoms with Crippen LogP contribution >= 0.6 is 27.3 Å². The summed E-state index contributed by atoms with van der Waals surface area (Å²) in [6, 6.07) is 2.40. The monoisotopic (exact) mass is 304 g/mol. The zero-order valence-electron chi connectivity index (χ0n) is 9.55. The number of rotatable bonds is 6. The van der Waals surface area contributed by atoms with Crippen LogP contribution in [0.2, 0.25) is 0 Å². The Morgan fingerprint density at radius 2 is 2.38 bits per heavy atom. The second-order valence-corrected chi connectivity index (χ2v) is 5.41. The molecule has 1 amide bonds. The third-order valence-corrected chi connectivity index (χ3v) is 4.07. The van der Waals surface area contributed by atoms with Crippen molar-refractivity contribution in [3.63, 3.8) is 0 Å². The van der Waals surface area contributed by atoms with Crippen molar-refractivity contribution in [3.05, 3.63) is 20.8 Å². The van der Waals surface area contributed by atoms with Crippen LogP contribution in [0.15, 0.2) is 15.9 Å². The molecule has 1 heterocycles. The van der Waals surface area contributed by atoms with Crippen LogP contribution < -0.4 is 10.6 Å². The molecule has 1 aromatic rings. The van der Waals surface area contributed by atoms with Crippen LogP contribution in [0.3, 0.4) is 0 Å². The van der Waals surface area contributed by atoms with Crippen LogP contribution in [0, 0.1) is 0 Å². The Morgan fingerprint density at radius 1 is 1.62 bits per heavy atom. The number of hydrogen-bond donors (Lipinski definition) is 2. The van der Waals surface area contributed by atoms with Gasteiger partial charge in [-0.15, -0.1) is 11.3 Å². The van der Waals surface area contributed by atoms with E-state index < -0.39 is 0 Å². The van der Waals surface area contributed by atoms with Gasteiger partial charge in [-0.1, -0.05) is 0 Å². The number of hydrogen-bond acceptors (Lipinski definition) is 3. The Morgan fingerprint density at radius 3 is 2.94 bits per heavy atom. The molecule has 0 radical (unpaired) electrons.